The molecular weight excluding hydrogens is 244 g/mol. The Balaban J connectivity index is 2.65. The van der Waals surface area contributed by atoms with E-state index in [9.17, 15) is 9.90 Å². The van der Waals surface area contributed by atoms with E-state index in [0.29, 0.717) is 12.2 Å². The Kier molecular flexibility index (Phi) is 5.21. The van der Waals surface area contributed by atoms with E-state index >= 15 is 0 Å². The Bertz CT molecular complexity index is 420. The third-order valence-electron chi connectivity index (χ3n) is 2.66. The van der Waals surface area contributed by atoms with Crippen LogP contribution in [0.2, 0.25) is 0 Å². The van der Waals surface area contributed by atoms with Gasteiger partial charge in [-0.05, 0) is 24.0 Å². The number of phenols is 1. The van der Waals surface area contributed by atoms with Crippen LogP contribution in [0.15, 0.2) is 24.3 Å². The Hall–Kier alpha value is -1.71. The van der Waals surface area contributed by atoms with E-state index in [-0.39, 0.29) is 29.7 Å². The highest BCUT2D eigenvalue weighted by molar-refractivity contribution is 5.72. The molecule has 0 spiro atoms. The Morgan fingerprint density at radius 1 is 1.37 bits per heavy atom. The number of aromatic hydroxyl groups is 1. The molecule has 1 unspecified atom stereocenters. The van der Waals surface area contributed by atoms with Crippen molar-refractivity contribution in [3.8, 4) is 11.5 Å². The maximum Gasteiger partial charge on any atom is 0.312 e. The van der Waals surface area contributed by atoms with Crippen LogP contribution in [0.1, 0.15) is 27.2 Å². The minimum atomic E-state index is -0.313. The predicted molar refractivity (Wildman–Crippen MR) is 73.2 cm³/mol. The van der Waals surface area contributed by atoms with Gasteiger partial charge in [0.15, 0.2) is 0 Å². The molecule has 0 aliphatic heterocycles. The highest BCUT2D eigenvalue weighted by Gasteiger charge is 2.26. The first kappa shape index (κ1) is 15.3. The number of hydrogen-bond acceptors (Lipinski definition) is 4. The van der Waals surface area contributed by atoms with Crippen molar-refractivity contribution in [1.82, 2.24) is 0 Å². The lowest BCUT2D eigenvalue weighted by atomic mass is 9.85. The zero-order valence-corrected chi connectivity index (χ0v) is 12.0. The van der Waals surface area contributed by atoms with E-state index in [0.717, 1.165) is 0 Å². The number of hydrogen-bond donors (Lipinski definition) is 1. The highest BCUT2D eigenvalue weighted by Crippen LogP contribution is 2.26. The summed E-state index contributed by atoms with van der Waals surface area (Å²) in [4.78, 5) is 11.7. The fourth-order valence-corrected chi connectivity index (χ4v) is 1.89. The van der Waals surface area contributed by atoms with Crippen LogP contribution >= 0.6 is 0 Å². The fourth-order valence-electron chi connectivity index (χ4n) is 1.89. The maximum atomic E-state index is 11.7. The second-order valence-electron chi connectivity index (χ2n) is 5.79. The monoisotopic (exact) mass is 266 g/mol. The number of phenolic OH excluding ortho intramolecular Hbond substituents is 1. The molecule has 0 aliphatic carbocycles. The predicted octanol–water partition coefficient (Wildman–Crippen LogP) is 3.00. The SMILES string of the molecule is COC(=O)C(COc1cccc(O)c1)CC(C)(C)C. The molecule has 106 valence electrons. The van der Waals surface area contributed by atoms with Crippen molar-refractivity contribution < 1.29 is 19.4 Å². The van der Waals surface area contributed by atoms with Crippen molar-refractivity contribution in [2.24, 2.45) is 11.3 Å². The van der Waals surface area contributed by atoms with Crippen LogP contribution in [0.5, 0.6) is 11.5 Å². The molecule has 0 heterocycles. The van der Waals surface area contributed by atoms with Crippen LogP contribution in [-0.2, 0) is 9.53 Å². The van der Waals surface area contributed by atoms with Gasteiger partial charge in [-0.25, -0.2) is 0 Å². The molecule has 0 bridgehead atoms. The molecule has 19 heavy (non-hydrogen) atoms. The van der Waals surface area contributed by atoms with E-state index in [1.807, 2.05) is 0 Å². The number of methoxy groups -OCH3 is 1. The molecule has 0 amide bonds. The normalized spacial score (nSPS) is 12.8. The zero-order valence-electron chi connectivity index (χ0n) is 12.0. The number of rotatable bonds is 5. The van der Waals surface area contributed by atoms with Gasteiger partial charge in [0.1, 0.15) is 18.1 Å². The Morgan fingerprint density at radius 3 is 2.58 bits per heavy atom. The maximum absolute atomic E-state index is 11.7. The fraction of sp³-hybridized carbons (Fsp3) is 0.533. The summed E-state index contributed by atoms with van der Waals surface area (Å²) in [5, 5.41) is 9.35. The highest BCUT2D eigenvalue weighted by atomic mass is 16.5. The van der Waals surface area contributed by atoms with E-state index in [4.69, 9.17) is 9.47 Å². The van der Waals surface area contributed by atoms with Gasteiger partial charge in [0.05, 0.1) is 13.0 Å². The van der Waals surface area contributed by atoms with Gasteiger partial charge in [-0.15, -0.1) is 0 Å². The van der Waals surface area contributed by atoms with Crippen LogP contribution in [0, 0.1) is 11.3 Å². The summed E-state index contributed by atoms with van der Waals surface area (Å²) in [7, 11) is 1.38. The first-order chi connectivity index (χ1) is 8.81. The van der Waals surface area contributed by atoms with Gasteiger partial charge < -0.3 is 14.6 Å². The summed E-state index contributed by atoms with van der Waals surface area (Å²) in [6.07, 6.45) is 0.679. The summed E-state index contributed by atoms with van der Waals surface area (Å²) in [6.45, 7) is 6.44. The molecule has 0 saturated carbocycles. The van der Waals surface area contributed by atoms with Crippen LogP contribution in [-0.4, -0.2) is 24.8 Å². The summed E-state index contributed by atoms with van der Waals surface area (Å²) in [5.74, 6) is 0.105. The standard InChI is InChI=1S/C15H22O4/c1-15(2,3)9-11(14(17)18-4)10-19-13-7-5-6-12(16)8-13/h5-8,11,16H,9-10H2,1-4H3. The van der Waals surface area contributed by atoms with Crippen LogP contribution in [0.3, 0.4) is 0 Å². The second-order valence-corrected chi connectivity index (χ2v) is 5.79. The molecule has 0 radical (unpaired) electrons. The van der Waals surface area contributed by atoms with E-state index < -0.39 is 0 Å². The Morgan fingerprint density at radius 2 is 2.05 bits per heavy atom. The molecule has 0 fully saturated rings. The largest absolute Gasteiger partial charge is 0.508 e. The lowest BCUT2D eigenvalue weighted by molar-refractivity contribution is -0.147. The van der Waals surface area contributed by atoms with Crippen molar-refractivity contribution in [2.45, 2.75) is 27.2 Å². The number of esters is 1. The summed E-state index contributed by atoms with van der Waals surface area (Å²) in [6, 6.07) is 6.53. The number of ether oxygens (including phenoxy) is 2. The van der Waals surface area contributed by atoms with Gasteiger partial charge in [0, 0.05) is 6.07 Å². The minimum Gasteiger partial charge on any atom is -0.508 e. The molecule has 1 aromatic carbocycles. The minimum absolute atomic E-state index is 0.0149. The smallest absolute Gasteiger partial charge is 0.312 e. The van der Waals surface area contributed by atoms with Crippen molar-refractivity contribution in [3.05, 3.63) is 24.3 Å². The first-order valence-corrected chi connectivity index (χ1v) is 6.31. The van der Waals surface area contributed by atoms with Crippen molar-refractivity contribution in [2.75, 3.05) is 13.7 Å². The van der Waals surface area contributed by atoms with Gasteiger partial charge in [-0.3, -0.25) is 4.79 Å². The van der Waals surface area contributed by atoms with E-state index in [1.165, 1.54) is 13.2 Å². The summed E-state index contributed by atoms with van der Waals surface area (Å²) >= 11 is 0. The third-order valence-corrected chi connectivity index (χ3v) is 2.66. The van der Waals surface area contributed by atoms with Crippen LogP contribution in [0.4, 0.5) is 0 Å². The summed E-state index contributed by atoms with van der Waals surface area (Å²) in [5.41, 5.74) is 0.0149. The van der Waals surface area contributed by atoms with Crippen LogP contribution in [0.25, 0.3) is 0 Å². The van der Waals surface area contributed by atoms with Gasteiger partial charge in [-0.1, -0.05) is 26.8 Å². The molecular formula is C15H22O4. The molecule has 0 aliphatic rings. The number of carbonyl (C=O) groups excluding carboxylic acids is 1. The molecule has 0 saturated heterocycles. The quantitative estimate of drug-likeness (QED) is 0.832. The van der Waals surface area contributed by atoms with Gasteiger partial charge in [0.25, 0.3) is 0 Å². The van der Waals surface area contributed by atoms with Crippen molar-refractivity contribution in [1.29, 1.82) is 0 Å². The third kappa shape index (κ3) is 5.64. The van der Waals surface area contributed by atoms with Gasteiger partial charge in [-0.2, -0.15) is 0 Å². The zero-order chi connectivity index (χ0) is 14.5. The number of carbonyl (C=O) groups is 1. The Labute approximate surface area is 114 Å². The van der Waals surface area contributed by atoms with Gasteiger partial charge >= 0.3 is 5.97 Å². The molecule has 4 nitrogen and oxygen atoms in total. The van der Waals surface area contributed by atoms with Crippen molar-refractivity contribution >= 4 is 5.97 Å². The molecule has 4 heteroatoms. The van der Waals surface area contributed by atoms with Gasteiger partial charge in [0.2, 0.25) is 0 Å². The first-order valence-electron chi connectivity index (χ1n) is 6.31. The van der Waals surface area contributed by atoms with Crippen LogP contribution < -0.4 is 4.74 Å². The summed E-state index contributed by atoms with van der Waals surface area (Å²) < 4.78 is 10.4. The number of benzene rings is 1. The lowest BCUT2D eigenvalue weighted by Crippen LogP contribution is -2.27. The second kappa shape index (κ2) is 6.45. The molecule has 1 atom stereocenters. The molecule has 1 N–H and O–H groups in total. The topological polar surface area (TPSA) is 55.8 Å². The van der Waals surface area contributed by atoms with E-state index in [2.05, 4.69) is 20.8 Å². The van der Waals surface area contributed by atoms with E-state index in [1.54, 1.807) is 18.2 Å². The van der Waals surface area contributed by atoms with Crippen molar-refractivity contribution in [3.63, 3.8) is 0 Å². The molecule has 1 rings (SSSR count). The molecule has 0 aromatic heterocycles. The average molecular weight is 266 g/mol. The average Bonchev–Trinajstić information content (AvgIpc) is 2.32. The lowest BCUT2D eigenvalue weighted by Gasteiger charge is -2.24. The molecule has 1 aromatic rings.